The van der Waals surface area contributed by atoms with Crippen LogP contribution in [0.4, 0.5) is 0 Å². The first-order valence-electron chi connectivity index (χ1n) is 4.63. The van der Waals surface area contributed by atoms with E-state index in [0.717, 1.165) is 12.1 Å². The van der Waals surface area contributed by atoms with Crippen LogP contribution in [0.1, 0.15) is 41.4 Å². The number of nitrogens with two attached hydrogens (primary N) is 4. The van der Waals surface area contributed by atoms with Crippen LogP contribution in [0.2, 0.25) is 0 Å². The number of benzene rings is 1. The molecular weight excluding hydrogens is 240 g/mol. The molecule has 0 aliphatic carbocycles. The van der Waals surface area contributed by atoms with E-state index in [1.165, 1.54) is 0 Å². The minimum absolute atomic E-state index is 0.304. The van der Waals surface area contributed by atoms with Crippen LogP contribution in [-0.2, 0) is 0 Å². The Kier molecular flexibility index (Phi) is 3.32. The Morgan fingerprint density at radius 2 is 0.889 bits per heavy atom. The third-order valence-electron chi connectivity index (χ3n) is 2.23. The van der Waals surface area contributed by atoms with Crippen molar-refractivity contribution in [1.29, 1.82) is 0 Å². The lowest BCUT2D eigenvalue weighted by Gasteiger charge is -2.11. The standard InChI is InChI=1S/C10H10N4O4/c11-7(15)3-1-2-4(8(12)16)6(10(14)18)5(3)9(13)17/h1-2H,(H2,11,15)(H2,12,16)(H2,13,17)(H2,14,18). The van der Waals surface area contributed by atoms with Gasteiger partial charge in [0.15, 0.2) is 0 Å². The fourth-order valence-corrected chi connectivity index (χ4v) is 1.53. The number of amides is 4. The molecule has 0 bridgehead atoms. The van der Waals surface area contributed by atoms with Crippen molar-refractivity contribution >= 4 is 23.6 Å². The zero-order chi connectivity index (χ0) is 14.0. The molecule has 8 nitrogen and oxygen atoms in total. The van der Waals surface area contributed by atoms with Crippen molar-refractivity contribution in [3.05, 3.63) is 34.4 Å². The van der Waals surface area contributed by atoms with Gasteiger partial charge in [-0.2, -0.15) is 0 Å². The molecule has 1 aromatic rings. The summed E-state index contributed by atoms with van der Waals surface area (Å²) in [6, 6.07) is 2.16. The first-order valence-corrected chi connectivity index (χ1v) is 4.63. The second-order valence-electron chi connectivity index (χ2n) is 3.37. The molecule has 0 heterocycles. The van der Waals surface area contributed by atoms with Gasteiger partial charge in [-0.25, -0.2) is 0 Å². The summed E-state index contributed by atoms with van der Waals surface area (Å²) in [6.45, 7) is 0. The molecule has 0 atom stereocenters. The number of hydrogen-bond acceptors (Lipinski definition) is 4. The van der Waals surface area contributed by atoms with E-state index < -0.39 is 34.8 Å². The van der Waals surface area contributed by atoms with Gasteiger partial charge in [-0.05, 0) is 12.1 Å². The van der Waals surface area contributed by atoms with Gasteiger partial charge in [0.05, 0.1) is 22.3 Å². The normalized spacial score (nSPS) is 9.78. The molecule has 0 radical (unpaired) electrons. The van der Waals surface area contributed by atoms with Crippen molar-refractivity contribution in [2.45, 2.75) is 0 Å². The van der Waals surface area contributed by atoms with Crippen molar-refractivity contribution in [2.24, 2.45) is 22.9 Å². The summed E-state index contributed by atoms with van der Waals surface area (Å²) in [4.78, 5) is 44.8. The van der Waals surface area contributed by atoms with Gasteiger partial charge in [-0.1, -0.05) is 0 Å². The highest BCUT2D eigenvalue weighted by molar-refractivity contribution is 6.17. The lowest BCUT2D eigenvalue weighted by molar-refractivity contribution is 0.0944. The van der Waals surface area contributed by atoms with Gasteiger partial charge in [-0.15, -0.1) is 0 Å². The number of carbonyl (C=O) groups excluding carboxylic acids is 4. The van der Waals surface area contributed by atoms with E-state index in [2.05, 4.69) is 0 Å². The fourth-order valence-electron chi connectivity index (χ4n) is 1.53. The quantitative estimate of drug-likeness (QED) is 0.488. The molecule has 8 heteroatoms. The van der Waals surface area contributed by atoms with Gasteiger partial charge in [0.2, 0.25) is 23.6 Å². The molecule has 4 amide bonds. The van der Waals surface area contributed by atoms with Gasteiger partial charge in [0, 0.05) is 0 Å². The van der Waals surface area contributed by atoms with Crippen molar-refractivity contribution in [3.63, 3.8) is 0 Å². The summed E-state index contributed by atoms with van der Waals surface area (Å²) >= 11 is 0. The fraction of sp³-hybridized carbons (Fsp3) is 0. The van der Waals surface area contributed by atoms with E-state index in [-0.39, 0.29) is 11.1 Å². The van der Waals surface area contributed by atoms with Gasteiger partial charge < -0.3 is 22.9 Å². The summed E-state index contributed by atoms with van der Waals surface area (Å²) in [5, 5.41) is 0. The Morgan fingerprint density at radius 3 is 1.06 bits per heavy atom. The van der Waals surface area contributed by atoms with Crippen molar-refractivity contribution in [3.8, 4) is 0 Å². The summed E-state index contributed by atoms with van der Waals surface area (Å²) < 4.78 is 0. The molecule has 0 aromatic heterocycles. The lowest BCUT2D eigenvalue weighted by Crippen LogP contribution is -2.29. The summed E-state index contributed by atoms with van der Waals surface area (Å²) in [7, 11) is 0. The number of rotatable bonds is 4. The molecule has 94 valence electrons. The smallest absolute Gasteiger partial charge is 0.250 e. The summed E-state index contributed by atoms with van der Waals surface area (Å²) in [5.41, 5.74) is 18.5. The van der Waals surface area contributed by atoms with Crippen LogP contribution in [0, 0.1) is 0 Å². The van der Waals surface area contributed by atoms with Crippen molar-refractivity contribution in [2.75, 3.05) is 0 Å². The molecule has 0 saturated heterocycles. The maximum Gasteiger partial charge on any atom is 0.250 e. The molecule has 0 unspecified atom stereocenters. The largest absolute Gasteiger partial charge is 0.366 e. The first kappa shape index (κ1) is 13.2. The monoisotopic (exact) mass is 250 g/mol. The molecule has 8 N–H and O–H groups in total. The zero-order valence-corrected chi connectivity index (χ0v) is 9.10. The van der Waals surface area contributed by atoms with E-state index in [0.29, 0.717) is 0 Å². The predicted molar refractivity (Wildman–Crippen MR) is 60.5 cm³/mol. The van der Waals surface area contributed by atoms with Crippen LogP contribution in [-0.4, -0.2) is 23.6 Å². The van der Waals surface area contributed by atoms with E-state index in [4.69, 9.17) is 22.9 Å². The van der Waals surface area contributed by atoms with Gasteiger partial charge >= 0.3 is 0 Å². The molecule has 0 aliphatic rings. The van der Waals surface area contributed by atoms with Crippen LogP contribution in [0.15, 0.2) is 12.1 Å². The van der Waals surface area contributed by atoms with E-state index in [9.17, 15) is 19.2 Å². The van der Waals surface area contributed by atoms with Gasteiger partial charge in [0.1, 0.15) is 0 Å². The van der Waals surface area contributed by atoms with Crippen LogP contribution in [0.25, 0.3) is 0 Å². The molecule has 0 fully saturated rings. The molecular formula is C10H10N4O4. The van der Waals surface area contributed by atoms with E-state index in [1.54, 1.807) is 0 Å². The Hall–Kier alpha value is -2.90. The maximum absolute atomic E-state index is 11.3. The molecule has 0 spiro atoms. The highest BCUT2D eigenvalue weighted by Gasteiger charge is 2.25. The van der Waals surface area contributed by atoms with Gasteiger partial charge in [0.25, 0.3) is 0 Å². The number of primary amides is 4. The Morgan fingerprint density at radius 1 is 0.611 bits per heavy atom. The highest BCUT2D eigenvalue weighted by atomic mass is 16.2. The summed E-state index contributed by atoms with van der Waals surface area (Å²) in [5.74, 6) is -4.19. The van der Waals surface area contributed by atoms with E-state index in [1.807, 2.05) is 0 Å². The SMILES string of the molecule is NC(=O)c1ccc(C(N)=O)c(C(N)=O)c1C(N)=O. The topological polar surface area (TPSA) is 172 Å². The third-order valence-corrected chi connectivity index (χ3v) is 2.23. The second-order valence-corrected chi connectivity index (χ2v) is 3.37. The second kappa shape index (κ2) is 4.53. The van der Waals surface area contributed by atoms with Crippen LogP contribution >= 0.6 is 0 Å². The lowest BCUT2D eigenvalue weighted by atomic mass is 9.94. The highest BCUT2D eigenvalue weighted by Crippen LogP contribution is 2.18. The Bertz CT molecular complexity index is 528. The van der Waals surface area contributed by atoms with Crippen LogP contribution in [0.3, 0.4) is 0 Å². The van der Waals surface area contributed by atoms with Gasteiger partial charge in [-0.3, -0.25) is 19.2 Å². The molecule has 1 aromatic carbocycles. The zero-order valence-electron chi connectivity index (χ0n) is 9.10. The molecule has 0 saturated carbocycles. The maximum atomic E-state index is 11.3. The van der Waals surface area contributed by atoms with E-state index >= 15 is 0 Å². The number of carbonyl (C=O) groups is 4. The van der Waals surface area contributed by atoms with Crippen molar-refractivity contribution in [1.82, 2.24) is 0 Å². The van der Waals surface area contributed by atoms with Crippen LogP contribution in [0.5, 0.6) is 0 Å². The first-order chi connectivity index (χ1) is 8.27. The molecule has 1 rings (SSSR count). The minimum Gasteiger partial charge on any atom is -0.366 e. The molecule has 18 heavy (non-hydrogen) atoms. The van der Waals surface area contributed by atoms with Crippen LogP contribution < -0.4 is 22.9 Å². The Balaban J connectivity index is 3.82. The average Bonchev–Trinajstić information content (AvgIpc) is 2.26. The minimum atomic E-state index is -1.11. The molecule has 0 aliphatic heterocycles. The number of hydrogen-bond donors (Lipinski definition) is 4. The third kappa shape index (κ3) is 2.12. The summed E-state index contributed by atoms with van der Waals surface area (Å²) in [6.07, 6.45) is 0. The Labute approximate surface area is 101 Å². The van der Waals surface area contributed by atoms with Crippen molar-refractivity contribution < 1.29 is 19.2 Å². The average molecular weight is 250 g/mol. The predicted octanol–water partition coefficient (Wildman–Crippen LogP) is -1.92.